The number of hydrogen-bond donors (Lipinski definition) is 1. The lowest BCUT2D eigenvalue weighted by molar-refractivity contribution is 0.608. The molecule has 0 unspecified atom stereocenters. The first-order valence-corrected chi connectivity index (χ1v) is 6.95. The summed E-state index contributed by atoms with van der Waals surface area (Å²) in [4.78, 5) is -0.00693. The minimum Gasteiger partial charge on any atom is -0.326 e. The van der Waals surface area contributed by atoms with Crippen LogP contribution in [0.1, 0.15) is 23.6 Å². The number of benzene rings is 1. The van der Waals surface area contributed by atoms with Crippen LogP contribution in [0.5, 0.6) is 0 Å². The molecule has 0 aliphatic rings. The van der Waals surface area contributed by atoms with Gasteiger partial charge >= 0.3 is 0 Å². The highest BCUT2D eigenvalue weighted by Crippen LogP contribution is 2.24. The second-order valence-corrected chi connectivity index (χ2v) is 5.76. The highest BCUT2D eigenvalue weighted by Gasteiger charge is 2.17. The van der Waals surface area contributed by atoms with Gasteiger partial charge in [0.05, 0.1) is 16.5 Å². The molecule has 0 spiro atoms. The molecule has 0 heterocycles. The van der Waals surface area contributed by atoms with Gasteiger partial charge in [0.2, 0.25) is 0 Å². The van der Waals surface area contributed by atoms with E-state index in [1.54, 1.807) is 0 Å². The van der Waals surface area contributed by atoms with Crippen LogP contribution in [0.15, 0.2) is 17.0 Å². The molecule has 2 N–H and O–H groups in total. The first-order chi connectivity index (χ1) is 7.43. The largest absolute Gasteiger partial charge is 0.326 e. The lowest BCUT2D eigenvalue weighted by atomic mass is 10.0. The van der Waals surface area contributed by atoms with Crippen LogP contribution in [0.25, 0.3) is 0 Å². The van der Waals surface area contributed by atoms with Gasteiger partial charge in [0.1, 0.15) is 0 Å². The van der Waals surface area contributed by atoms with Crippen LogP contribution in [-0.2, 0) is 22.0 Å². The molecule has 0 aliphatic carbocycles. The molecule has 0 radical (unpaired) electrons. The van der Waals surface area contributed by atoms with E-state index in [2.05, 4.69) is 0 Å². The smallest absolute Gasteiger partial charge is 0.261 e. The van der Waals surface area contributed by atoms with E-state index < -0.39 is 9.05 Å². The predicted octanol–water partition coefficient (Wildman–Crippen LogP) is 1.51. The summed E-state index contributed by atoms with van der Waals surface area (Å²) in [5.41, 5.74) is 6.88. The van der Waals surface area contributed by atoms with E-state index in [9.17, 15) is 8.42 Å². The first kappa shape index (κ1) is 13.0. The molecular weight excluding hydrogens is 248 g/mol. The zero-order valence-electron chi connectivity index (χ0n) is 8.70. The van der Waals surface area contributed by atoms with Crippen molar-refractivity contribution in [3.63, 3.8) is 0 Å². The number of nitrogens with two attached hydrogens (primary N) is 1. The number of nitriles is 1. The van der Waals surface area contributed by atoms with Crippen molar-refractivity contribution in [2.75, 3.05) is 0 Å². The molecule has 86 valence electrons. The van der Waals surface area contributed by atoms with Gasteiger partial charge in [0.15, 0.2) is 0 Å². The van der Waals surface area contributed by atoms with Crippen molar-refractivity contribution in [3.8, 4) is 6.07 Å². The van der Waals surface area contributed by atoms with Gasteiger partial charge in [-0.15, -0.1) is 0 Å². The fourth-order valence-electron chi connectivity index (χ4n) is 1.45. The van der Waals surface area contributed by atoms with Gasteiger partial charge in [-0.3, -0.25) is 0 Å². The van der Waals surface area contributed by atoms with Gasteiger partial charge in [0.25, 0.3) is 9.05 Å². The molecule has 0 bridgehead atoms. The molecule has 6 heteroatoms. The molecule has 16 heavy (non-hydrogen) atoms. The van der Waals surface area contributed by atoms with Crippen LogP contribution >= 0.6 is 10.7 Å². The third-order valence-electron chi connectivity index (χ3n) is 2.27. The Kier molecular flexibility index (Phi) is 3.92. The summed E-state index contributed by atoms with van der Waals surface area (Å²) in [7, 11) is 1.48. The van der Waals surface area contributed by atoms with Gasteiger partial charge in [-0.05, 0) is 29.7 Å². The maximum atomic E-state index is 11.3. The molecule has 0 amide bonds. The van der Waals surface area contributed by atoms with Crippen LogP contribution < -0.4 is 5.73 Å². The van der Waals surface area contributed by atoms with Crippen molar-refractivity contribution in [2.45, 2.75) is 24.8 Å². The third-order valence-corrected chi connectivity index (χ3v) is 3.67. The first-order valence-electron chi connectivity index (χ1n) is 4.64. The van der Waals surface area contributed by atoms with Crippen molar-refractivity contribution in [1.82, 2.24) is 0 Å². The summed E-state index contributed by atoms with van der Waals surface area (Å²) in [5.74, 6) is 0. The molecule has 1 aromatic carbocycles. The molecule has 0 saturated heterocycles. The number of hydrogen-bond acceptors (Lipinski definition) is 4. The standard InChI is InChI=1S/C10H11ClN2O2S/c1-2-7-4-10(16(11,14)15)9(6-13)3-8(7)5-12/h3-4H,2,6,13H2,1H3. The van der Waals surface area contributed by atoms with E-state index in [-0.39, 0.29) is 11.4 Å². The van der Waals surface area contributed by atoms with Crippen molar-refractivity contribution >= 4 is 19.7 Å². The number of aryl methyl sites for hydroxylation is 1. The second kappa shape index (κ2) is 4.83. The van der Waals surface area contributed by atoms with E-state index in [1.807, 2.05) is 13.0 Å². The molecule has 0 aliphatic heterocycles. The van der Waals surface area contributed by atoms with Crippen molar-refractivity contribution in [3.05, 3.63) is 28.8 Å². The zero-order chi connectivity index (χ0) is 12.3. The van der Waals surface area contributed by atoms with E-state index in [0.29, 0.717) is 23.1 Å². The Morgan fingerprint density at radius 2 is 2.06 bits per heavy atom. The quantitative estimate of drug-likeness (QED) is 0.833. The third kappa shape index (κ3) is 2.53. The Morgan fingerprint density at radius 3 is 2.44 bits per heavy atom. The molecule has 1 aromatic rings. The van der Waals surface area contributed by atoms with E-state index >= 15 is 0 Å². The lowest BCUT2D eigenvalue weighted by Gasteiger charge is -2.08. The van der Waals surface area contributed by atoms with Crippen molar-refractivity contribution < 1.29 is 8.42 Å². The molecule has 0 aromatic heterocycles. The van der Waals surface area contributed by atoms with Crippen LogP contribution in [-0.4, -0.2) is 8.42 Å². The molecule has 4 nitrogen and oxygen atoms in total. The molecule has 0 saturated carbocycles. The summed E-state index contributed by atoms with van der Waals surface area (Å²) < 4.78 is 22.6. The monoisotopic (exact) mass is 258 g/mol. The maximum Gasteiger partial charge on any atom is 0.261 e. The van der Waals surface area contributed by atoms with E-state index in [1.165, 1.54) is 12.1 Å². The fraction of sp³-hybridized carbons (Fsp3) is 0.300. The van der Waals surface area contributed by atoms with E-state index in [4.69, 9.17) is 21.7 Å². The number of rotatable bonds is 3. The minimum atomic E-state index is -3.82. The topological polar surface area (TPSA) is 83.9 Å². The van der Waals surface area contributed by atoms with Crippen LogP contribution in [0.4, 0.5) is 0 Å². The van der Waals surface area contributed by atoms with Crippen LogP contribution in [0, 0.1) is 11.3 Å². The SMILES string of the molecule is CCc1cc(S(=O)(=O)Cl)c(CN)cc1C#N. The number of halogens is 1. The van der Waals surface area contributed by atoms with Crippen molar-refractivity contribution in [1.29, 1.82) is 5.26 Å². The normalized spacial score (nSPS) is 11.1. The van der Waals surface area contributed by atoms with Gasteiger partial charge in [-0.2, -0.15) is 5.26 Å². The van der Waals surface area contributed by atoms with Gasteiger partial charge in [-0.25, -0.2) is 8.42 Å². The Labute approximate surface area is 99.1 Å². The Morgan fingerprint density at radius 1 is 1.44 bits per heavy atom. The van der Waals surface area contributed by atoms with Gasteiger partial charge in [-0.1, -0.05) is 6.92 Å². The van der Waals surface area contributed by atoms with Crippen molar-refractivity contribution in [2.24, 2.45) is 5.73 Å². The summed E-state index contributed by atoms with van der Waals surface area (Å²) >= 11 is 0. The highest BCUT2D eigenvalue weighted by molar-refractivity contribution is 8.13. The average molecular weight is 259 g/mol. The summed E-state index contributed by atoms with van der Waals surface area (Å²) in [6.45, 7) is 1.86. The van der Waals surface area contributed by atoms with Gasteiger partial charge in [0, 0.05) is 17.2 Å². The average Bonchev–Trinajstić information content (AvgIpc) is 2.25. The minimum absolute atomic E-state index is 0.00693. The summed E-state index contributed by atoms with van der Waals surface area (Å²) in [6.07, 6.45) is 0.563. The Balaban J connectivity index is 3.58. The van der Waals surface area contributed by atoms with Crippen LogP contribution in [0.2, 0.25) is 0 Å². The fourth-order valence-corrected chi connectivity index (χ4v) is 2.62. The summed E-state index contributed by atoms with van der Waals surface area (Å²) in [5, 5.41) is 8.89. The number of nitrogens with zero attached hydrogens (tertiary/aromatic N) is 1. The lowest BCUT2D eigenvalue weighted by Crippen LogP contribution is -2.06. The Hall–Kier alpha value is -1.09. The molecular formula is C10H11ClN2O2S. The molecule has 0 fully saturated rings. The van der Waals surface area contributed by atoms with Gasteiger partial charge < -0.3 is 5.73 Å². The zero-order valence-corrected chi connectivity index (χ0v) is 10.3. The maximum absolute atomic E-state index is 11.3. The second-order valence-electron chi connectivity index (χ2n) is 3.22. The van der Waals surface area contributed by atoms with Crippen LogP contribution in [0.3, 0.4) is 0 Å². The summed E-state index contributed by atoms with van der Waals surface area (Å²) in [6, 6.07) is 4.91. The Bertz CT molecular complexity index is 547. The molecule has 0 atom stereocenters. The predicted molar refractivity (Wildman–Crippen MR) is 61.5 cm³/mol. The highest BCUT2D eigenvalue weighted by atomic mass is 35.7. The molecule has 1 rings (SSSR count). The van der Waals surface area contributed by atoms with E-state index in [0.717, 1.165) is 0 Å².